The molecular formula is C11H16F4N2O. The average Bonchev–Trinajstić information content (AvgIpc) is 2.97. The molecule has 18 heavy (non-hydrogen) atoms. The Morgan fingerprint density at radius 3 is 2.56 bits per heavy atom. The third kappa shape index (κ3) is 2.32. The molecule has 2 fully saturated rings. The maximum atomic E-state index is 13.1. The molecular weight excluding hydrogens is 252 g/mol. The van der Waals surface area contributed by atoms with Gasteiger partial charge < -0.3 is 10.2 Å². The summed E-state index contributed by atoms with van der Waals surface area (Å²) in [4.78, 5) is 12.5. The molecule has 0 aromatic rings. The van der Waals surface area contributed by atoms with E-state index >= 15 is 0 Å². The van der Waals surface area contributed by atoms with Crippen LogP contribution in [-0.4, -0.2) is 48.3 Å². The Morgan fingerprint density at radius 1 is 1.28 bits per heavy atom. The molecule has 0 bridgehead atoms. The Morgan fingerprint density at radius 2 is 2.00 bits per heavy atom. The highest BCUT2D eigenvalue weighted by molar-refractivity contribution is 5.84. The number of likely N-dealkylation sites (tertiary alicyclic amines) is 1. The minimum atomic E-state index is -4.57. The van der Waals surface area contributed by atoms with E-state index in [9.17, 15) is 22.4 Å². The van der Waals surface area contributed by atoms with Crippen molar-refractivity contribution in [2.24, 2.45) is 0 Å². The van der Waals surface area contributed by atoms with Gasteiger partial charge in [-0.25, -0.2) is 8.78 Å². The molecule has 0 aliphatic carbocycles. The summed E-state index contributed by atoms with van der Waals surface area (Å²) < 4.78 is 50.6. The molecule has 0 aromatic carbocycles. The number of carbonyl (C=O) groups excluding carboxylic acids is 1. The van der Waals surface area contributed by atoms with E-state index in [1.54, 1.807) is 0 Å². The molecule has 2 aliphatic rings. The van der Waals surface area contributed by atoms with Crippen molar-refractivity contribution in [2.45, 2.75) is 50.1 Å². The first-order chi connectivity index (χ1) is 8.44. The van der Waals surface area contributed by atoms with Crippen LogP contribution in [0.3, 0.4) is 0 Å². The van der Waals surface area contributed by atoms with E-state index < -0.39 is 18.3 Å². The van der Waals surface area contributed by atoms with Gasteiger partial charge in [-0.3, -0.25) is 4.79 Å². The predicted molar refractivity (Wildman–Crippen MR) is 56.7 cm³/mol. The normalized spacial score (nSPS) is 29.3. The Labute approximate surface area is 103 Å². The Bertz CT molecular complexity index is 318. The maximum Gasteiger partial charge on any atom is 0.383 e. The third-order valence-electron chi connectivity index (χ3n) is 3.68. The summed E-state index contributed by atoms with van der Waals surface area (Å²) in [5.74, 6) is -6.30. The van der Waals surface area contributed by atoms with Gasteiger partial charge in [0.25, 0.3) is 5.91 Å². The Kier molecular flexibility index (Phi) is 3.79. The van der Waals surface area contributed by atoms with Gasteiger partial charge in [-0.1, -0.05) is 0 Å². The summed E-state index contributed by atoms with van der Waals surface area (Å²) in [5, 5.41) is 3.14. The number of nitrogens with zero attached hydrogens (tertiary/aromatic N) is 1. The van der Waals surface area contributed by atoms with Crippen LogP contribution >= 0.6 is 0 Å². The van der Waals surface area contributed by atoms with E-state index in [0.717, 1.165) is 24.3 Å². The van der Waals surface area contributed by atoms with Crippen molar-refractivity contribution in [3.05, 3.63) is 0 Å². The minimum Gasteiger partial charge on any atom is -0.333 e. The molecule has 2 aliphatic heterocycles. The van der Waals surface area contributed by atoms with E-state index in [4.69, 9.17) is 0 Å². The summed E-state index contributed by atoms with van der Waals surface area (Å²) in [6.45, 7) is 0.929. The van der Waals surface area contributed by atoms with Crippen LogP contribution in [0.25, 0.3) is 0 Å². The van der Waals surface area contributed by atoms with E-state index in [2.05, 4.69) is 5.32 Å². The van der Waals surface area contributed by atoms with Crippen LogP contribution in [0, 0.1) is 0 Å². The molecule has 2 heterocycles. The van der Waals surface area contributed by atoms with E-state index in [0.29, 0.717) is 12.8 Å². The molecule has 0 saturated carbocycles. The number of rotatable bonds is 3. The highest BCUT2D eigenvalue weighted by atomic mass is 19.3. The summed E-state index contributed by atoms with van der Waals surface area (Å²) in [6, 6.07) is -0.408. The van der Waals surface area contributed by atoms with Gasteiger partial charge in [0.05, 0.1) is 0 Å². The lowest BCUT2D eigenvalue weighted by molar-refractivity contribution is -0.181. The minimum absolute atomic E-state index is 0.0371. The summed E-state index contributed by atoms with van der Waals surface area (Å²) >= 11 is 0. The van der Waals surface area contributed by atoms with Crippen molar-refractivity contribution in [2.75, 3.05) is 13.1 Å². The standard InChI is InChI=1S/C11H16F4N2O/c12-9(13)11(14,15)10(18)17-6-2-4-8(17)7-3-1-5-16-7/h7-9,16H,1-6H2. The smallest absolute Gasteiger partial charge is 0.333 e. The van der Waals surface area contributed by atoms with Gasteiger partial charge in [0.1, 0.15) is 0 Å². The molecule has 1 amide bonds. The second-order valence-corrected chi connectivity index (χ2v) is 4.83. The quantitative estimate of drug-likeness (QED) is 0.789. The number of amides is 1. The van der Waals surface area contributed by atoms with Crippen LogP contribution < -0.4 is 5.32 Å². The van der Waals surface area contributed by atoms with Crippen molar-refractivity contribution < 1.29 is 22.4 Å². The molecule has 104 valence electrons. The van der Waals surface area contributed by atoms with Crippen LogP contribution in [-0.2, 0) is 4.79 Å². The zero-order valence-electron chi connectivity index (χ0n) is 9.84. The van der Waals surface area contributed by atoms with Crippen molar-refractivity contribution in [1.82, 2.24) is 10.2 Å². The first-order valence-electron chi connectivity index (χ1n) is 6.15. The SMILES string of the molecule is O=C(N1CCCC1C1CCCN1)C(F)(F)C(F)F. The van der Waals surface area contributed by atoms with Gasteiger partial charge in [-0.15, -0.1) is 0 Å². The number of halogens is 4. The van der Waals surface area contributed by atoms with Gasteiger partial charge in [0.2, 0.25) is 0 Å². The molecule has 1 N–H and O–H groups in total. The van der Waals surface area contributed by atoms with Crippen LogP contribution in [0.15, 0.2) is 0 Å². The zero-order chi connectivity index (χ0) is 13.3. The van der Waals surface area contributed by atoms with Crippen LogP contribution in [0.2, 0.25) is 0 Å². The Hall–Kier alpha value is -0.850. The third-order valence-corrected chi connectivity index (χ3v) is 3.68. The largest absolute Gasteiger partial charge is 0.383 e. The number of hydrogen-bond acceptors (Lipinski definition) is 2. The monoisotopic (exact) mass is 268 g/mol. The lowest BCUT2D eigenvalue weighted by Crippen LogP contribution is -2.53. The fourth-order valence-corrected chi connectivity index (χ4v) is 2.79. The van der Waals surface area contributed by atoms with Crippen LogP contribution in [0.1, 0.15) is 25.7 Å². The molecule has 2 saturated heterocycles. The predicted octanol–water partition coefficient (Wildman–Crippen LogP) is 1.63. The fraction of sp³-hybridized carbons (Fsp3) is 0.909. The topological polar surface area (TPSA) is 32.3 Å². The van der Waals surface area contributed by atoms with Gasteiger partial charge in [-0.2, -0.15) is 8.78 Å². The summed E-state index contributed by atoms with van der Waals surface area (Å²) in [5.41, 5.74) is 0. The van der Waals surface area contributed by atoms with Gasteiger partial charge >= 0.3 is 12.3 Å². The number of hydrogen-bond donors (Lipinski definition) is 1. The molecule has 2 unspecified atom stereocenters. The van der Waals surface area contributed by atoms with E-state index in [-0.39, 0.29) is 18.6 Å². The van der Waals surface area contributed by atoms with Gasteiger partial charge in [0, 0.05) is 18.6 Å². The first kappa shape index (κ1) is 13.6. The highest BCUT2D eigenvalue weighted by Crippen LogP contribution is 2.31. The molecule has 7 heteroatoms. The summed E-state index contributed by atoms with van der Waals surface area (Å²) in [6.07, 6.45) is -1.03. The molecule has 0 spiro atoms. The van der Waals surface area contributed by atoms with Gasteiger partial charge in [-0.05, 0) is 32.2 Å². The zero-order valence-corrected chi connectivity index (χ0v) is 9.84. The molecule has 2 atom stereocenters. The summed E-state index contributed by atoms with van der Waals surface area (Å²) in [7, 11) is 0. The Balaban J connectivity index is 2.09. The van der Waals surface area contributed by atoms with Crippen LogP contribution in [0.5, 0.6) is 0 Å². The van der Waals surface area contributed by atoms with Crippen molar-refractivity contribution in [3.8, 4) is 0 Å². The number of nitrogens with one attached hydrogen (secondary N) is 1. The second kappa shape index (κ2) is 5.03. The van der Waals surface area contributed by atoms with Crippen molar-refractivity contribution >= 4 is 5.91 Å². The van der Waals surface area contributed by atoms with E-state index in [1.165, 1.54) is 0 Å². The lowest BCUT2D eigenvalue weighted by atomic mass is 10.0. The molecule has 0 radical (unpaired) electrons. The molecule has 2 rings (SSSR count). The fourth-order valence-electron chi connectivity index (χ4n) is 2.79. The van der Waals surface area contributed by atoms with Crippen LogP contribution in [0.4, 0.5) is 17.6 Å². The average molecular weight is 268 g/mol. The molecule has 3 nitrogen and oxygen atoms in total. The second-order valence-electron chi connectivity index (χ2n) is 4.83. The van der Waals surface area contributed by atoms with Crippen molar-refractivity contribution in [3.63, 3.8) is 0 Å². The van der Waals surface area contributed by atoms with E-state index in [1.807, 2.05) is 0 Å². The maximum absolute atomic E-state index is 13.1. The van der Waals surface area contributed by atoms with Crippen molar-refractivity contribution in [1.29, 1.82) is 0 Å². The van der Waals surface area contributed by atoms with Gasteiger partial charge in [0.15, 0.2) is 0 Å². The first-order valence-corrected chi connectivity index (χ1v) is 6.15. The lowest BCUT2D eigenvalue weighted by Gasteiger charge is -2.31. The highest BCUT2D eigenvalue weighted by Gasteiger charge is 2.53. The molecule has 0 aromatic heterocycles. The number of carbonyl (C=O) groups is 1. The number of alkyl halides is 4.